The Labute approximate surface area is 99.1 Å². The van der Waals surface area contributed by atoms with Gasteiger partial charge in [0, 0.05) is 6.04 Å². The molecule has 0 amide bonds. The highest BCUT2D eigenvalue weighted by atomic mass is 15.4. The number of hydrogen-bond donors (Lipinski definition) is 1. The van der Waals surface area contributed by atoms with Crippen LogP contribution in [0.3, 0.4) is 0 Å². The van der Waals surface area contributed by atoms with Gasteiger partial charge >= 0.3 is 0 Å². The number of guanidine groups is 1. The highest BCUT2D eigenvalue weighted by molar-refractivity contribution is 5.81. The van der Waals surface area contributed by atoms with Crippen LogP contribution >= 0.6 is 0 Å². The molecule has 0 aromatic heterocycles. The van der Waals surface area contributed by atoms with Crippen LogP contribution in [0.1, 0.15) is 53.4 Å². The highest BCUT2D eigenvalue weighted by Crippen LogP contribution is 2.49. The number of nitrogens with two attached hydrogens (primary N) is 1. The largest absolute Gasteiger partial charge is 0.370 e. The van der Waals surface area contributed by atoms with Crippen LogP contribution in [0.4, 0.5) is 0 Å². The van der Waals surface area contributed by atoms with Crippen molar-refractivity contribution in [3.63, 3.8) is 0 Å². The van der Waals surface area contributed by atoms with Crippen LogP contribution in [0, 0.1) is 5.41 Å². The van der Waals surface area contributed by atoms with Gasteiger partial charge in [-0.05, 0) is 38.0 Å². The van der Waals surface area contributed by atoms with Crippen molar-refractivity contribution in [2.45, 2.75) is 65.0 Å². The lowest BCUT2D eigenvalue weighted by Crippen LogP contribution is -2.54. The summed E-state index contributed by atoms with van der Waals surface area (Å²) in [5.74, 6) is 0.770. The molecule has 3 nitrogen and oxygen atoms in total. The maximum atomic E-state index is 6.07. The molecule has 1 saturated carbocycles. The lowest BCUT2D eigenvalue weighted by molar-refractivity contribution is 0.144. The van der Waals surface area contributed by atoms with Crippen LogP contribution in [0.15, 0.2) is 4.99 Å². The minimum atomic E-state index is 0.239. The topological polar surface area (TPSA) is 41.6 Å². The third-order valence-electron chi connectivity index (χ3n) is 4.40. The summed E-state index contributed by atoms with van der Waals surface area (Å²) < 4.78 is 0. The van der Waals surface area contributed by atoms with Crippen LogP contribution in [-0.2, 0) is 0 Å². The standard InChI is InChI=1S/C13H25N3/c1-5-10(2)16-11(14)15-9-13(16)7-6-12(3,4)8-13/h10H,5-9H2,1-4H3,(H2,14,15). The third-order valence-corrected chi connectivity index (χ3v) is 4.40. The number of nitrogens with zero attached hydrogens (tertiary/aromatic N) is 2. The Morgan fingerprint density at radius 1 is 1.44 bits per heavy atom. The Morgan fingerprint density at radius 3 is 2.62 bits per heavy atom. The molecule has 2 rings (SSSR count). The van der Waals surface area contributed by atoms with Crippen molar-refractivity contribution in [2.75, 3.05) is 6.54 Å². The first kappa shape index (κ1) is 11.7. The minimum Gasteiger partial charge on any atom is -0.370 e. The Hall–Kier alpha value is -0.730. The van der Waals surface area contributed by atoms with Gasteiger partial charge in [0.15, 0.2) is 5.96 Å². The highest BCUT2D eigenvalue weighted by Gasteiger charge is 2.51. The Kier molecular flexibility index (Phi) is 2.67. The summed E-state index contributed by atoms with van der Waals surface area (Å²) in [6.07, 6.45) is 4.91. The minimum absolute atomic E-state index is 0.239. The zero-order valence-electron chi connectivity index (χ0n) is 11.1. The van der Waals surface area contributed by atoms with Crippen molar-refractivity contribution in [3.8, 4) is 0 Å². The summed E-state index contributed by atoms with van der Waals surface area (Å²) in [6, 6.07) is 0.514. The normalized spacial score (nSPS) is 34.5. The fourth-order valence-electron chi connectivity index (χ4n) is 3.48. The predicted molar refractivity (Wildman–Crippen MR) is 68.4 cm³/mol. The van der Waals surface area contributed by atoms with E-state index in [1.807, 2.05) is 0 Å². The third kappa shape index (κ3) is 1.70. The van der Waals surface area contributed by atoms with Gasteiger partial charge in [0.2, 0.25) is 0 Å². The predicted octanol–water partition coefficient (Wildman–Crippen LogP) is 2.36. The monoisotopic (exact) mass is 223 g/mol. The van der Waals surface area contributed by atoms with E-state index in [4.69, 9.17) is 5.73 Å². The van der Waals surface area contributed by atoms with Gasteiger partial charge in [-0.3, -0.25) is 4.99 Å². The first-order valence-corrected chi connectivity index (χ1v) is 6.49. The molecule has 1 fully saturated rings. The Morgan fingerprint density at radius 2 is 2.12 bits per heavy atom. The molecule has 2 N–H and O–H groups in total. The lowest BCUT2D eigenvalue weighted by Gasteiger charge is -2.41. The van der Waals surface area contributed by atoms with Crippen LogP contribution in [0.25, 0.3) is 0 Å². The first-order chi connectivity index (χ1) is 7.40. The van der Waals surface area contributed by atoms with E-state index in [0.717, 1.165) is 18.9 Å². The molecule has 0 saturated heterocycles. The van der Waals surface area contributed by atoms with Gasteiger partial charge in [0.1, 0.15) is 0 Å². The molecule has 16 heavy (non-hydrogen) atoms. The van der Waals surface area contributed by atoms with E-state index in [-0.39, 0.29) is 5.54 Å². The maximum Gasteiger partial charge on any atom is 0.192 e. The van der Waals surface area contributed by atoms with Crippen molar-refractivity contribution in [1.82, 2.24) is 4.90 Å². The van der Waals surface area contributed by atoms with Crippen molar-refractivity contribution in [1.29, 1.82) is 0 Å². The summed E-state index contributed by atoms with van der Waals surface area (Å²) in [5, 5.41) is 0. The van der Waals surface area contributed by atoms with Crippen LogP contribution in [0.5, 0.6) is 0 Å². The molecule has 0 radical (unpaired) electrons. The van der Waals surface area contributed by atoms with Crippen molar-refractivity contribution >= 4 is 5.96 Å². The molecule has 1 aliphatic carbocycles. The smallest absolute Gasteiger partial charge is 0.192 e. The molecular weight excluding hydrogens is 198 g/mol. The second kappa shape index (κ2) is 3.64. The molecule has 92 valence electrons. The van der Waals surface area contributed by atoms with E-state index in [1.54, 1.807) is 0 Å². The maximum absolute atomic E-state index is 6.07. The van der Waals surface area contributed by atoms with Gasteiger partial charge in [-0.1, -0.05) is 20.8 Å². The van der Waals surface area contributed by atoms with Crippen LogP contribution < -0.4 is 5.73 Å². The summed E-state index contributed by atoms with van der Waals surface area (Å²) >= 11 is 0. The average Bonchev–Trinajstić information content (AvgIpc) is 2.68. The zero-order valence-corrected chi connectivity index (χ0v) is 11.1. The van der Waals surface area contributed by atoms with E-state index in [2.05, 4.69) is 37.6 Å². The van der Waals surface area contributed by atoms with Gasteiger partial charge in [-0.15, -0.1) is 0 Å². The summed E-state index contributed by atoms with van der Waals surface area (Å²) in [5.41, 5.74) is 6.76. The molecule has 1 spiro atoms. The molecule has 1 aliphatic heterocycles. The molecule has 3 heteroatoms. The Balaban J connectivity index is 2.23. The molecular formula is C13H25N3. The second-order valence-electron chi connectivity index (χ2n) is 6.37. The van der Waals surface area contributed by atoms with E-state index in [1.165, 1.54) is 19.3 Å². The number of hydrogen-bond acceptors (Lipinski definition) is 3. The summed E-state index contributed by atoms with van der Waals surface area (Å²) in [4.78, 5) is 6.91. The average molecular weight is 223 g/mol. The first-order valence-electron chi connectivity index (χ1n) is 6.49. The van der Waals surface area contributed by atoms with E-state index in [0.29, 0.717) is 11.5 Å². The van der Waals surface area contributed by atoms with Crippen LogP contribution in [-0.4, -0.2) is 29.0 Å². The molecule has 0 bridgehead atoms. The summed E-state index contributed by atoms with van der Waals surface area (Å²) in [6.45, 7) is 10.1. The van der Waals surface area contributed by atoms with Crippen molar-refractivity contribution in [3.05, 3.63) is 0 Å². The zero-order chi connectivity index (χ0) is 12.0. The van der Waals surface area contributed by atoms with Gasteiger partial charge < -0.3 is 10.6 Å². The van der Waals surface area contributed by atoms with Crippen molar-refractivity contribution in [2.24, 2.45) is 16.1 Å². The fraction of sp³-hybridized carbons (Fsp3) is 0.923. The van der Waals surface area contributed by atoms with E-state index in [9.17, 15) is 0 Å². The molecule has 0 aromatic rings. The van der Waals surface area contributed by atoms with Crippen molar-refractivity contribution < 1.29 is 0 Å². The molecule has 2 atom stereocenters. The lowest BCUT2D eigenvalue weighted by atomic mass is 9.86. The number of aliphatic imine (C=N–C) groups is 1. The second-order valence-corrected chi connectivity index (χ2v) is 6.37. The molecule has 0 aromatic carbocycles. The molecule has 2 aliphatic rings. The quantitative estimate of drug-likeness (QED) is 0.781. The van der Waals surface area contributed by atoms with Gasteiger partial charge in [-0.25, -0.2) is 0 Å². The van der Waals surface area contributed by atoms with Gasteiger partial charge in [0.25, 0.3) is 0 Å². The molecule has 1 heterocycles. The van der Waals surface area contributed by atoms with Crippen LogP contribution in [0.2, 0.25) is 0 Å². The SMILES string of the molecule is CCC(C)N1C(N)=NCC12CCC(C)(C)C2. The Bertz CT molecular complexity index is 308. The summed E-state index contributed by atoms with van der Waals surface area (Å²) in [7, 11) is 0. The fourth-order valence-corrected chi connectivity index (χ4v) is 3.48. The molecule has 2 unspecified atom stereocenters. The van der Waals surface area contributed by atoms with Gasteiger partial charge in [-0.2, -0.15) is 0 Å². The number of rotatable bonds is 2. The van der Waals surface area contributed by atoms with E-state index >= 15 is 0 Å². The van der Waals surface area contributed by atoms with E-state index < -0.39 is 0 Å². The van der Waals surface area contributed by atoms with Gasteiger partial charge in [0.05, 0.1) is 12.1 Å².